The molecule has 368 valence electrons. The van der Waals surface area contributed by atoms with Crippen molar-refractivity contribution in [2.75, 3.05) is 0 Å². The van der Waals surface area contributed by atoms with Crippen molar-refractivity contribution in [1.29, 1.82) is 0 Å². The van der Waals surface area contributed by atoms with Crippen molar-refractivity contribution in [2.45, 2.75) is 93.9 Å². The summed E-state index contributed by atoms with van der Waals surface area (Å²) < 4.78 is 554. The topological polar surface area (TPSA) is 18.5 Å². The Hall–Kier alpha value is -2.23. The largest absolute Gasteiger partial charge is 0.600 e. The van der Waals surface area contributed by atoms with E-state index >= 15 is 12.9 Å². The molecule has 0 radical (unpaired) electrons. The fourth-order valence-electron chi connectivity index (χ4n) is 3.87. The highest BCUT2D eigenvalue weighted by Crippen LogP contribution is 2.68. The third kappa shape index (κ3) is 7.60. The fraction of sp³-hybridized carbons (Fsp3) is 1.00. The van der Waals surface area contributed by atoms with Crippen LogP contribution in [0.3, 0.4) is 0 Å². The molecular weight excluding hydrogens is 1070 g/mol. The summed E-state index contributed by atoms with van der Waals surface area (Å²) in [6.45, 7) is 0. The van der Waals surface area contributed by atoms with Crippen LogP contribution in [0.25, 0.3) is 0 Å². The average Bonchev–Trinajstić information content (AvgIpc) is 2.93. The maximum atomic E-state index is 16.1. The molecule has 0 N–H and O–H groups in total. The third-order valence-corrected chi connectivity index (χ3v) is 19.5. The lowest BCUT2D eigenvalue weighted by Crippen LogP contribution is -2.92. The van der Waals surface area contributed by atoms with Gasteiger partial charge in [-0.2, -0.15) is 171 Å². The van der Waals surface area contributed by atoms with Crippen LogP contribution in [-0.2, 0) is 8.23 Å². The maximum absolute atomic E-state index is 16.1. The molecule has 2 nitrogen and oxygen atoms in total. The first-order chi connectivity index (χ1) is 25.4. The molecule has 61 heavy (non-hydrogen) atoms. The van der Waals surface area contributed by atoms with E-state index in [1.165, 1.54) is 0 Å². The Kier molecular flexibility index (Phi) is 13.9. The summed E-state index contributed by atoms with van der Waals surface area (Å²) in [5.41, 5.74) is -74.6. The number of halogens is 40. The van der Waals surface area contributed by atoms with Gasteiger partial charge in [0.25, 0.3) is 0 Å². The quantitative estimate of drug-likeness (QED) is 0.104. The van der Waals surface area contributed by atoms with Gasteiger partial charge in [-0.15, -0.1) is 0 Å². The first kappa shape index (κ1) is 58.8. The highest BCUT2D eigenvalue weighted by atomic mass is 28.5. The van der Waals surface area contributed by atoms with E-state index in [-0.39, 0.29) is 0 Å². The monoisotopic (exact) mass is 1070 g/mol. The van der Waals surface area contributed by atoms with E-state index < -0.39 is 119 Å². The molecule has 0 unspecified atom stereocenters. The van der Waals surface area contributed by atoms with Crippen LogP contribution in [-0.4, -0.2) is 119 Å². The number of rotatable bonds is 13. The molecule has 0 atom stereocenters. The molecule has 0 aromatic heterocycles. The molecule has 0 amide bonds. The molecule has 0 spiro atoms. The summed E-state index contributed by atoms with van der Waals surface area (Å²) >= 11 is 0. The molecule has 0 aromatic carbocycles. The van der Waals surface area contributed by atoms with Gasteiger partial charge < -0.3 is 8.23 Å². The lowest BCUT2D eigenvalue weighted by atomic mass is 10.1. The van der Waals surface area contributed by atoms with Crippen LogP contribution in [0.1, 0.15) is 0 Å². The average molecular weight is 1070 g/mol. The molecule has 0 aliphatic rings. The van der Waals surface area contributed by atoms with Crippen LogP contribution in [0.4, 0.5) is 175 Å². The van der Waals surface area contributed by atoms with Crippen molar-refractivity contribution in [2.24, 2.45) is 0 Å². The highest BCUT2D eigenvalue weighted by Gasteiger charge is 3.07. The molecule has 0 aromatic rings. The second-order valence-corrected chi connectivity index (χ2v) is 20.6. The number of hydrogen-bond donors (Lipinski definition) is 0. The van der Waals surface area contributed by atoms with E-state index in [9.17, 15) is 162 Å². The minimum atomic E-state index is -14.0. The van der Waals surface area contributed by atoms with Gasteiger partial charge in [-0.05, 0) is 0 Å². The highest BCUT2D eigenvalue weighted by molar-refractivity contribution is 6.93. The molecule has 0 fully saturated rings. The molecule has 0 rings (SSSR count). The van der Waals surface area contributed by atoms with Gasteiger partial charge in [0.15, 0.2) is 0 Å². The summed E-state index contributed by atoms with van der Waals surface area (Å²) in [4.78, 5) is 0. The molecule has 0 saturated carbocycles. The Balaban J connectivity index is 10.7. The molecule has 45 heteroatoms. The Morgan fingerprint density at radius 3 is 0.459 bits per heavy atom. The van der Waals surface area contributed by atoms with E-state index in [0.717, 1.165) is 0 Å². The lowest BCUT2D eigenvalue weighted by Gasteiger charge is -2.53. The van der Waals surface area contributed by atoms with Gasteiger partial charge in [0.1, 0.15) is 0 Å². The zero-order valence-electron chi connectivity index (χ0n) is 25.4. The van der Waals surface area contributed by atoms with Gasteiger partial charge in [0.05, 0.1) is 0 Å². The zero-order chi connectivity index (χ0) is 50.9. The summed E-state index contributed by atoms with van der Waals surface area (Å²) in [5.74, 6) is -20.4. The second-order valence-electron chi connectivity index (χ2n) is 10.8. The molecule has 0 bridgehead atoms. The van der Waals surface area contributed by atoms with Gasteiger partial charge in [-0.3, -0.25) is 0 Å². The second kappa shape index (κ2) is 14.4. The Morgan fingerprint density at radius 1 is 0.197 bits per heavy atom. The van der Waals surface area contributed by atoms with Gasteiger partial charge in [0, 0.05) is 0 Å². The van der Waals surface area contributed by atoms with Gasteiger partial charge in [-0.1, -0.05) is 0 Å². The van der Waals surface area contributed by atoms with Crippen LogP contribution in [0.15, 0.2) is 0 Å². The molecule has 0 heterocycles. The lowest BCUT2D eigenvalue weighted by molar-refractivity contribution is -0.388. The minimum Gasteiger partial charge on any atom is -0.395 e. The van der Waals surface area contributed by atoms with Crippen LogP contribution < -0.4 is 0 Å². The van der Waals surface area contributed by atoms with Crippen molar-refractivity contribution >= 4 is 25.5 Å². The van der Waals surface area contributed by atoms with E-state index in [1.54, 1.807) is 0 Å². The summed E-state index contributed by atoms with van der Waals surface area (Å²) in [7, 11) is -41.9. The molecule has 0 saturated heterocycles. The van der Waals surface area contributed by atoms with Crippen molar-refractivity contribution < 1.29 is 184 Å². The van der Waals surface area contributed by atoms with E-state index in [0.29, 0.717) is 8.23 Å². The smallest absolute Gasteiger partial charge is 0.395 e. The number of alkyl halides is 39. The zero-order valence-corrected chi connectivity index (χ0v) is 28.4. The van der Waals surface area contributed by atoms with Gasteiger partial charge >= 0.3 is 119 Å². The maximum Gasteiger partial charge on any atom is 0.600 e. The molecular formula is C16F40O2Si3. The van der Waals surface area contributed by atoms with Crippen molar-refractivity contribution in [3.8, 4) is 0 Å². The van der Waals surface area contributed by atoms with Gasteiger partial charge in [-0.25, -0.2) is 4.11 Å². The van der Waals surface area contributed by atoms with Crippen molar-refractivity contribution in [3.05, 3.63) is 0 Å². The normalized spacial score (nSPS) is 17.3. The molecule has 0 aliphatic heterocycles. The summed E-state index contributed by atoms with van der Waals surface area (Å²) in [5, 5.41) is 0. The Labute approximate surface area is 304 Å². The first-order valence-corrected chi connectivity index (χ1v) is 17.9. The number of hydrogen-bond acceptors (Lipinski definition) is 2. The van der Waals surface area contributed by atoms with Crippen LogP contribution >= 0.6 is 0 Å². The third-order valence-electron chi connectivity index (χ3n) is 6.88. The van der Waals surface area contributed by atoms with Crippen molar-refractivity contribution in [3.63, 3.8) is 0 Å². The van der Waals surface area contributed by atoms with Crippen LogP contribution in [0.2, 0.25) is 0 Å². The Bertz CT molecular complexity index is 1340. The van der Waals surface area contributed by atoms with Crippen molar-refractivity contribution in [1.82, 2.24) is 0 Å². The standard InChI is InChI=1S/C16F40O2Si3/c17-1(18,3(21,22)23)2(19,20)10(42,43)61(56,57-59(11(44,45)4(24,25)26,12(46,47)5(27,28)29)13(48,49)6(30,31)32)58-60(14(50,51)7(33,34)35,15(52,53)8(36,37)38)16(54,55)9(39,40)41. The van der Waals surface area contributed by atoms with Gasteiger partial charge in [0.2, 0.25) is 0 Å². The Morgan fingerprint density at radius 2 is 0.344 bits per heavy atom. The predicted molar refractivity (Wildman–Crippen MR) is 107 cm³/mol. The van der Waals surface area contributed by atoms with E-state index in [2.05, 4.69) is 0 Å². The van der Waals surface area contributed by atoms with Crippen LogP contribution in [0, 0.1) is 0 Å². The molecule has 0 aliphatic carbocycles. The predicted octanol–water partition coefficient (Wildman–Crippen LogP) is 12.2. The SMILES string of the molecule is FC(F)(F)C(F)(F)C(F)(F)C(F)(F)[Si](F)(O[Si](C(F)(F)C(F)(F)F)(C(F)(F)C(F)(F)F)C(F)(F)C(F)(F)F)O[Si](C(F)(F)C(F)(F)F)(C(F)(F)C(F)(F)F)C(F)(F)C(F)(F)F. The van der Waals surface area contributed by atoms with E-state index in [4.69, 9.17) is 0 Å². The summed E-state index contributed by atoms with van der Waals surface area (Å²) in [6, 6.07) is 0. The fourth-order valence-corrected chi connectivity index (χ4v) is 17.0. The first-order valence-electron chi connectivity index (χ1n) is 12.4. The van der Waals surface area contributed by atoms with E-state index in [1.807, 2.05) is 0 Å². The minimum absolute atomic E-state index is 0.419. The summed E-state index contributed by atoms with van der Waals surface area (Å²) in [6.07, 6.45) is -67.8. The van der Waals surface area contributed by atoms with Crippen LogP contribution in [0.5, 0.6) is 0 Å².